The van der Waals surface area contributed by atoms with Crippen LogP contribution in [0, 0.1) is 0 Å². The van der Waals surface area contributed by atoms with Gasteiger partial charge in [-0.2, -0.15) is 0 Å². The van der Waals surface area contributed by atoms with E-state index in [-0.39, 0.29) is 11.4 Å². The number of rotatable bonds is 3. The summed E-state index contributed by atoms with van der Waals surface area (Å²) in [4.78, 5) is 17.9. The highest BCUT2D eigenvalue weighted by Gasteiger charge is 2.50. The highest BCUT2D eigenvalue weighted by molar-refractivity contribution is 5.93. The number of hydrogen-bond acceptors (Lipinski definition) is 3. The molecule has 2 aromatic rings. The van der Waals surface area contributed by atoms with Crippen LogP contribution in [0.25, 0.3) is 0 Å². The first-order valence-corrected chi connectivity index (χ1v) is 11.2. The van der Waals surface area contributed by atoms with Gasteiger partial charge in [-0.1, -0.05) is 55.0 Å². The lowest BCUT2D eigenvalue weighted by Crippen LogP contribution is -2.58. The number of amides is 1. The molecule has 2 aliphatic heterocycles. The van der Waals surface area contributed by atoms with Crippen molar-refractivity contribution in [2.45, 2.75) is 56.0 Å². The molecule has 2 heterocycles. The molecule has 3 fully saturated rings. The Kier molecular flexibility index (Phi) is 5.04. The van der Waals surface area contributed by atoms with Gasteiger partial charge in [-0.05, 0) is 55.7 Å². The normalized spacial score (nSPS) is 27.2. The van der Waals surface area contributed by atoms with Gasteiger partial charge < -0.3 is 15.1 Å². The number of hydrogen-bond donors (Lipinski definition) is 1. The van der Waals surface area contributed by atoms with Crippen LogP contribution in [0.1, 0.15) is 50.0 Å². The minimum atomic E-state index is -0.370. The van der Waals surface area contributed by atoms with Gasteiger partial charge in [0.2, 0.25) is 5.91 Å². The summed E-state index contributed by atoms with van der Waals surface area (Å²) < 4.78 is 0. The molecule has 29 heavy (non-hydrogen) atoms. The van der Waals surface area contributed by atoms with Gasteiger partial charge in [0.1, 0.15) is 5.54 Å². The lowest BCUT2D eigenvalue weighted by molar-refractivity contribution is -0.125. The van der Waals surface area contributed by atoms with Gasteiger partial charge in [0.15, 0.2) is 0 Å². The Labute approximate surface area is 173 Å². The molecular formula is C25H31N3O. The number of nitrogens with zero attached hydrogens (tertiary/aromatic N) is 2. The lowest BCUT2D eigenvalue weighted by Gasteiger charge is -2.47. The molecule has 1 aliphatic carbocycles. The fraction of sp³-hybridized carbons (Fsp3) is 0.480. The summed E-state index contributed by atoms with van der Waals surface area (Å²) >= 11 is 0. The quantitative estimate of drug-likeness (QED) is 0.857. The maximum atomic E-state index is 12.9. The standard InChI is InChI=1S/C25H31N3O/c29-24-25(28(19-26-24)22-11-5-2-6-12-22)14-16-27(17-15-25)23-13-7-10-21(18-23)20-8-3-1-4-9-20/h1-6,8-9,11-12,21,23H,7,10,13-19H2,(H,26,29). The van der Waals surface area contributed by atoms with E-state index in [0.717, 1.165) is 31.6 Å². The first kappa shape index (κ1) is 18.7. The van der Waals surface area contributed by atoms with E-state index < -0.39 is 0 Å². The first-order valence-electron chi connectivity index (χ1n) is 11.2. The van der Waals surface area contributed by atoms with Crippen LogP contribution in [0.2, 0.25) is 0 Å². The third kappa shape index (κ3) is 3.44. The monoisotopic (exact) mass is 389 g/mol. The molecule has 2 aromatic carbocycles. The second-order valence-corrected chi connectivity index (χ2v) is 8.92. The molecule has 5 rings (SSSR count). The van der Waals surface area contributed by atoms with Crippen LogP contribution in [0.3, 0.4) is 0 Å². The van der Waals surface area contributed by atoms with Gasteiger partial charge in [0, 0.05) is 24.8 Å². The first-order chi connectivity index (χ1) is 14.3. The molecule has 2 unspecified atom stereocenters. The van der Waals surface area contributed by atoms with Crippen LogP contribution in [0.4, 0.5) is 5.69 Å². The molecule has 1 amide bonds. The van der Waals surface area contributed by atoms with Gasteiger partial charge >= 0.3 is 0 Å². The summed E-state index contributed by atoms with van der Waals surface area (Å²) in [5.74, 6) is 0.897. The van der Waals surface area contributed by atoms with Gasteiger partial charge in [0.05, 0.1) is 6.67 Å². The van der Waals surface area contributed by atoms with Crippen molar-refractivity contribution >= 4 is 11.6 Å². The number of piperidine rings is 1. The molecule has 0 radical (unpaired) electrons. The van der Waals surface area contributed by atoms with Crippen LogP contribution >= 0.6 is 0 Å². The van der Waals surface area contributed by atoms with Crippen molar-refractivity contribution in [2.24, 2.45) is 0 Å². The number of para-hydroxylation sites is 1. The van der Waals surface area contributed by atoms with Crippen molar-refractivity contribution in [2.75, 3.05) is 24.7 Å². The average molecular weight is 390 g/mol. The topological polar surface area (TPSA) is 35.6 Å². The molecule has 0 bridgehead atoms. The highest BCUT2D eigenvalue weighted by Crippen LogP contribution is 2.40. The number of anilines is 1. The van der Waals surface area contributed by atoms with E-state index in [1.807, 2.05) is 6.07 Å². The maximum absolute atomic E-state index is 12.9. The predicted molar refractivity (Wildman–Crippen MR) is 117 cm³/mol. The molecule has 2 saturated heterocycles. The van der Waals surface area contributed by atoms with E-state index in [2.05, 4.69) is 69.7 Å². The van der Waals surface area contributed by atoms with Gasteiger partial charge in [-0.25, -0.2) is 0 Å². The van der Waals surface area contributed by atoms with Crippen molar-refractivity contribution in [1.82, 2.24) is 10.2 Å². The van der Waals surface area contributed by atoms with Crippen molar-refractivity contribution in [1.29, 1.82) is 0 Å². The van der Waals surface area contributed by atoms with Gasteiger partial charge in [-0.3, -0.25) is 4.79 Å². The zero-order valence-electron chi connectivity index (χ0n) is 17.1. The van der Waals surface area contributed by atoms with Crippen molar-refractivity contribution < 1.29 is 4.79 Å². The van der Waals surface area contributed by atoms with Crippen molar-refractivity contribution in [3.8, 4) is 0 Å². The van der Waals surface area contributed by atoms with Crippen LogP contribution in [0.5, 0.6) is 0 Å². The Bertz CT molecular complexity index is 830. The average Bonchev–Trinajstić information content (AvgIpc) is 3.11. The molecule has 1 spiro atoms. The largest absolute Gasteiger partial charge is 0.339 e. The fourth-order valence-electron chi connectivity index (χ4n) is 5.82. The van der Waals surface area contributed by atoms with Gasteiger partial charge in [-0.15, -0.1) is 0 Å². The maximum Gasteiger partial charge on any atom is 0.247 e. The number of likely N-dealkylation sites (tertiary alicyclic amines) is 1. The minimum Gasteiger partial charge on any atom is -0.339 e. The molecule has 1 N–H and O–H groups in total. The van der Waals surface area contributed by atoms with Crippen LogP contribution in [-0.2, 0) is 4.79 Å². The Morgan fingerprint density at radius 2 is 1.59 bits per heavy atom. The second kappa shape index (κ2) is 7.83. The fourth-order valence-corrected chi connectivity index (χ4v) is 5.82. The van der Waals surface area contributed by atoms with Crippen LogP contribution in [-0.4, -0.2) is 42.1 Å². The van der Waals surface area contributed by atoms with E-state index in [9.17, 15) is 4.79 Å². The molecule has 3 aliphatic rings. The molecule has 0 aromatic heterocycles. The van der Waals surface area contributed by atoms with E-state index in [0.29, 0.717) is 18.6 Å². The number of nitrogens with one attached hydrogen (secondary N) is 1. The lowest BCUT2D eigenvalue weighted by atomic mass is 9.79. The van der Waals surface area contributed by atoms with Crippen LogP contribution < -0.4 is 10.2 Å². The van der Waals surface area contributed by atoms with Crippen molar-refractivity contribution in [3.63, 3.8) is 0 Å². The predicted octanol–water partition coefficient (Wildman–Crippen LogP) is 4.14. The minimum absolute atomic E-state index is 0.215. The Balaban J connectivity index is 1.28. The smallest absolute Gasteiger partial charge is 0.247 e. The summed E-state index contributed by atoms with van der Waals surface area (Å²) in [5, 5.41) is 3.12. The van der Waals surface area contributed by atoms with E-state index >= 15 is 0 Å². The number of carbonyl (C=O) groups is 1. The molecule has 4 heteroatoms. The van der Waals surface area contributed by atoms with Crippen molar-refractivity contribution in [3.05, 3.63) is 66.2 Å². The third-order valence-electron chi connectivity index (χ3n) is 7.46. The summed E-state index contributed by atoms with van der Waals surface area (Å²) in [5.41, 5.74) is 2.28. The van der Waals surface area contributed by atoms with Crippen LogP contribution in [0.15, 0.2) is 60.7 Å². The Hall–Kier alpha value is -2.33. The molecule has 1 saturated carbocycles. The zero-order valence-corrected chi connectivity index (χ0v) is 17.1. The SMILES string of the molecule is O=C1NCN(c2ccccc2)C12CCN(C1CCCC(c3ccccc3)C1)CC2. The summed E-state index contributed by atoms with van der Waals surface area (Å²) in [6.07, 6.45) is 7.00. The second-order valence-electron chi connectivity index (χ2n) is 8.92. The highest BCUT2D eigenvalue weighted by atomic mass is 16.2. The number of carbonyl (C=O) groups excluding carboxylic acids is 1. The van der Waals surface area contributed by atoms with E-state index in [4.69, 9.17) is 0 Å². The number of benzene rings is 2. The van der Waals surface area contributed by atoms with Gasteiger partial charge in [0.25, 0.3) is 0 Å². The zero-order chi connectivity index (χ0) is 19.7. The molecule has 152 valence electrons. The third-order valence-corrected chi connectivity index (χ3v) is 7.46. The molecular weight excluding hydrogens is 358 g/mol. The molecule has 4 nitrogen and oxygen atoms in total. The molecule has 2 atom stereocenters. The van der Waals surface area contributed by atoms with E-state index in [1.165, 1.54) is 31.2 Å². The summed E-state index contributed by atoms with van der Waals surface area (Å²) in [7, 11) is 0. The Morgan fingerprint density at radius 3 is 2.31 bits per heavy atom. The summed E-state index contributed by atoms with van der Waals surface area (Å²) in [6.45, 7) is 2.66. The van der Waals surface area contributed by atoms with E-state index in [1.54, 1.807) is 0 Å². The Morgan fingerprint density at radius 1 is 0.897 bits per heavy atom. The summed E-state index contributed by atoms with van der Waals surface area (Å²) in [6, 6.07) is 22.1.